The van der Waals surface area contributed by atoms with Crippen molar-refractivity contribution in [2.75, 3.05) is 0 Å². The summed E-state index contributed by atoms with van der Waals surface area (Å²) in [7, 11) is 0. The van der Waals surface area contributed by atoms with E-state index in [0.717, 1.165) is 99.2 Å². The molecule has 0 spiro atoms. The van der Waals surface area contributed by atoms with Gasteiger partial charge in [0, 0.05) is 0 Å². The third-order valence-corrected chi connectivity index (χ3v) is 14.2. The highest BCUT2D eigenvalue weighted by atomic mass is 16.6. The molecular weight excluding hydrogens is 837 g/mol. The number of ether oxygens (including phenoxy) is 4. The van der Waals surface area contributed by atoms with Crippen LogP contribution >= 0.6 is 0 Å². The van der Waals surface area contributed by atoms with E-state index in [1.165, 1.54) is 0 Å². The molecule has 10 rings (SSSR count). The second-order valence-corrected chi connectivity index (χ2v) is 18.6. The maximum atomic E-state index is 14.1. The first-order valence-electron chi connectivity index (χ1n) is 23.6. The monoisotopic (exact) mass is 888 g/mol. The zero-order valence-electron chi connectivity index (χ0n) is 37.7. The number of carbonyl (C=O) groups excluding carboxylic acids is 4. The van der Waals surface area contributed by atoms with E-state index in [9.17, 15) is 19.2 Å². The Morgan fingerprint density at radius 1 is 0.433 bits per heavy atom. The molecule has 0 radical (unpaired) electrons. The number of hydrogen-bond acceptors (Lipinski definition) is 8. The third-order valence-electron chi connectivity index (χ3n) is 14.2. The van der Waals surface area contributed by atoms with Crippen molar-refractivity contribution in [3.63, 3.8) is 0 Å². The van der Waals surface area contributed by atoms with Crippen molar-refractivity contribution in [1.29, 1.82) is 0 Å². The normalized spacial score (nSPS) is 19.0. The Kier molecular flexibility index (Phi) is 12.3. The number of esters is 4. The van der Waals surface area contributed by atoms with Crippen LogP contribution in [0.2, 0.25) is 0 Å². The van der Waals surface area contributed by atoms with Gasteiger partial charge in [-0.05, 0) is 152 Å². The summed E-state index contributed by atoms with van der Waals surface area (Å²) in [5.74, 6) is -2.60. The Bertz CT molecular complexity index is 3190. The van der Waals surface area contributed by atoms with Crippen molar-refractivity contribution >= 4 is 67.0 Å². The minimum absolute atomic E-state index is 0.178. The number of fused-ring (bicyclic) bond motifs is 4. The molecule has 0 aromatic heterocycles. The lowest BCUT2D eigenvalue weighted by Gasteiger charge is -2.21. The van der Waals surface area contributed by atoms with Gasteiger partial charge in [0.2, 0.25) is 0 Å². The molecule has 8 aromatic carbocycles. The van der Waals surface area contributed by atoms with Gasteiger partial charge in [0.25, 0.3) is 0 Å². The molecule has 336 valence electrons. The molecular formula is C59H52O8. The van der Waals surface area contributed by atoms with E-state index in [-0.39, 0.29) is 11.8 Å². The van der Waals surface area contributed by atoms with Crippen molar-refractivity contribution in [2.24, 2.45) is 35.5 Å². The Hall–Kier alpha value is -7.32. The van der Waals surface area contributed by atoms with Gasteiger partial charge in [0.05, 0.1) is 0 Å². The number of rotatable bonds is 12. The lowest BCUT2D eigenvalue weighted by molar-refractivity contribution is -0.155. The molecule has 0 heterocycles. The molecule has 8 nitrogen and oxygen atoms in total. The standard InChI is InChI=1S/C59H52O8/c1-3-37-19-21-45(31-37)55(58(62)65-47-25-23-39-11-5-7-13-41(39)33-47)59(63)67-49-27-29-51-43(35-49)15-9-17-53(51)52-16-8-14-42-34-48(26-28-50(42)52)66-57(61)54(44-20-18-36(2)30-44)56(60)64-46-24-22-38-10-4-6-12-40(38)32-46/h4-17,22-29,32-37,44-45,54-55H,3,18-21,30-31H2,1-2H3. The van der Waals surface area contributed by atoms with Crippen LogP contribution in [-0.4, -0.2) is 23.9 Å². The summed E-state index contributed by atoms with van der Waals surface area (Å²) in [6, 6.07) is 49.7. The van der Waals surface area contributed by atoms with E-state index in [2.05, 4.69) is 13.8 Å². The number of carbonyl (C=O) groups is 4. The molecule has 8 aromatic rings. The Labute approximate surface area is 389 Å². The van der Waals surface area contributed by atoms with Gasteiger partial charge in [-0.2, -0.15) is 0 Å². The van der Waals surface area contributed by atoms with Crippen molar-refractivity contribution in [3.8, 4) is 34.1 Å². The van der Waals surface area contributed by atoms with E-state index in [0.29, 0.717) is 34.8 Å². The van der Waals surface area contributed by atoms with Crippen molar-refractivity contribution in [3.05, 3.63) is 158 Å². The summed E-state index contributed by atoms with van der Waals surface area (Å²) in [6.07, 6.45) is 5.88. The highest BCUT2D eigenvalue weighted by molar-refractivity contribution is 6.06. The lowest BCUT2D eigenvalue weighted by Crippen LogP contribution is -2.36. The second-order valence-electron chi connectivity index (χ2n) is 18.6. The number of hydrogen-bond donors (Lipinski definition) is 0. The molecule has 2 aliphatic rings. The van der Waals surface area contributed by atoms with Gasteiger partial charge in [-0.15, -0.1) is 0 Å². The molecule has 0 bridgehead atoms. The zero-order valence-corrected chi connectivity index (χ0v) is 37.7. The van der Waals surface area contributed by atoms with Crippen LogP contribution in [0.3, 0.4) is 0 Å². The molecule has 0 saturated heterocycles. The average Bonchev–Trinajstić information content (AvgIpc) is 3.99. The summed E-state index contributed by atoms with van der Waals surface area (Å²) in [4.78, 5) is 55.8. The molecule has 0 N–H and O–H groups in total. The quantitative estimate of drug-likeness (QED) is 0.0678. The smallest absolute Gasteiger partial charge is 0.326 e. The van der Waals surface area contributed by atoms with Crippen molar-refractivity contribution in [2.45, 2.75) is 58.8 Å². The molecule has 67 heavy (non-hydrogen) atoms. The third kappa shape index (κ3) is 9.26. The molecule has 2 fully saturated rings. The van der Waals surface area contributed by atoms with Crippen LogP contribution in [-0.2, 0) is 19.2 Å². The van der Waals surface area contributed by atoms with Crippen LogP contribution in [0.15, 0.2) is 158 Å². The Morgan fingerprint density at radius 3 is 1.24 bits per heavy atom. The molecule has 6 unspecified atom stereocenters. The highest BCUT2D eigenvalue weighted by Gasteiger charge is 2.43. The minimum atomic E-state index is -1.07. The van der Waals surface area contributed by atoms with Crippen LogP contribution < -0.4 is 18.9 Å². The molecule has 2 saturated carbocycles. The summed E-state index contributed by atoms with van der Waals surface area (Å²) >= 11 is 0. The fourth-order valence-corrected chi connectivity index (χ4v) is 10.6. The zero-order chi connectivity index (χ0) is 46.0. The molecule has 0 amide bonds. The molecule has 8 heteroatoms. The predicted molar refractivity (Wildman–Crippen MR) is 262 cm³/mol. The highest BCUT2D eigenvalue weighted by Crippen LogP contribution is 2.41. The molecule has 2 aliphatic carbocycles. The van der Waals surface area contributed by atoms with Gasteiger partial charge < -0.3 is 18.9 Å². The van der Waals surface area contributed by atoms with Gasteiger partial charge in [0.1, 0.15) is 23.0 Å². The predicted octanol–water partition coefficient (Wildman–Crippen LogP) is 13.5. The van der Waals surface area contributed by atoms with Crippen molar-refractivity contribution in [1.82, 2.24) is 0 Å². The van der Waals surface area contributed by atoms with Crippen LogP contribution in [0.1, 0.15) is 58.8 Å². The summed E-state index contributed by atoms with van der Waals surface area (Å²) < 4.78 is 23.9. The largest absolute Gasteiger partial charge is 0.426 e. The number of benzene rings is 8. The molecule has 0 aliphatic heterocycles. The fraction of sp³-hybridized carbons (Fsp3) is 0.254. The van der Waals surface area contributed by atoms with E-state index in [4.69, 9.17) is 18.9 Å². The van der Waals surface area contributed by atoms with Crippen LogP contribution in [0.25, 0.3) is 54.2 Å². The van der Waals surface area contributed by atoms with Crippen LogP contribution in [0.4, 0.5) is 0 Å². The second kappa shape index (κ2) is 18.9. The van der Waals surface area contributed by atoms with E-state index in [1.54, 1.807) is 24.3 Å². The average molecular weight is 889 g/mol. The molecule has 6 atom stereocenters. The fourth-order valence-electron chi connectivity index (χ4n) is 10.6. The van der Waals surface area contributed by atoms with Crippen molar-refractivity contribution < 1.29 is 38.1 Å². The Morgan fingerprint density at radius 2 is 0.821 bits per heavy atom. The van der Waals surface area contributed by atoms with Gasteiger partial charge in [-0.25, -0.2) is 0 Å². The summed E-state index contributed by atoms with van der Waals surface area (Å²) in [5.41, 5.74) is 1.93. The Balaban J connectivity index is 0.874. The summed E-state index contributed by atoms with van der Waals surface area (Å²) in [5, 5.41) is 7.55. The van der Waals surface area contributed by atoms with Crippen LogP contribution in [0, 0.1) is 35.5 Å². The van der Waals surface area contributed by atoms with Gasteiger partial charge >= 0.3 is 23.9 Å². The van der Waals surface area contributed by atoms with E-state index >= 15 is 0 Å². The maximum Gasteiger partial charge on any atom is 0.326 e. The van der Waals surface area contributed by atoms with Crippen LogP contribution in [0.5, 0.6) is 23.0 Å². The first-order chi connectivity index (χ1) is 32.7. The van der Waals surface area contributed by atoms with Gasteiger partial charge in [-0.3, -0.25) is 19.2 Å². The minimum Gasteiger partial charge on any atom is -0.426 e. The van der Waals surface area contributed by atoms with Gasteiger partial charge in [-0.1, -0.05) is 142 Å². The SMILES string of the molecule is CCC1CCC(C(C(=O)Oc2ccc3ccccc3c2)C(=O)Oc2ccc3c(-c4cccc5cc(OC(=O)C(C(=O)Oc6ccc7ccccc7c6)C6CCC(C)C6)ccc45)cccc3c2)C1. The van der Waals surface area contributed by atoms with E-state index in [1.807, 2.05) is 133 Å². The topological polar surface area (TPSA) is 105 Å². The lowest BCUT2D eigenvalue weighted by atomic mass is 9.89. The van der Waals surface area contributed by atoms with Gasteiger partial charge in [0.15, 0.2) is 11.8 Å². The van der Waals surface area contributed by atoms with E-state index < -0.39 is 35.7 Å². The first-order valence-corrected chi connectivity index (χ1v) is 23.6. The first kappa shape index (κ1) is 43.6. The maximum absolute atomic E-state index is 14.1. The summed E-state index contributed by atoms with van der Waals surface area (Å²) in [6.45, 7) is 4.29.